The Bertz CT molecular complexity index is 625. The van der Waals surface area contributed by atoms with Crippen molar-refractivity contribution in [2.75, 3.05) is 18.9 Å². The molecule has 1 amide bonds. The summed E-state index contributed by atoms with van der Waals surface area (Å²) in [6.45, 7) is 3.12. The molecule has 4 heteroatoms. The molecule has 0 saturated heterocycles. The number of halogens is 1. The SMILES string of the molecule is CCc1ccccc1NC(=O)C[NH+](C)Cc1ccc(F)cc1. The Morgan fingerprint density at radius 1 is 1.14 bits per heavy atom. The molecule has 0 aliphatic carbocycles. The van der Waals surface area contributed by atoms with Crippen LogP contribution >= 0.6 is 0 Å². The first-order valence-corrected chi connectivity index (χ1v) is 7.52. The number of hydrogen-bond donors (Lipinski definition) is 2. The van der Waals surface area contributed by atoms with Gasteiger partial charge in [0.15, 0.2) is 6.54 Å². The molecule has 3 nitrogen and oxygen atoms in total. The monoisotopic (exact) mass is 301 g/mol. The molecule has 116 valence electrons. The van der Waals surface area contributed by atoms with Crippen molar-refractivity contribution >= 4 is 11.6 Å². The van der Waals surface area contributed by atoms with Crippen molar-refractivity contribution in [3.05, 3.63) is 65.5 Å². The van der Waals surface area contributed by atoms with Gasteiger partial charge in [-0.15, -0.1) is 0 Å². The molecule has 0 spiro atoms. The van der Waals surface area contributed by atoms with Gasteiger partial charge in [-0.05, 0) is 30.2 Å². The number of aryl methyl sites for hydroxylation is 1. The lowest BCUT2D eigenvalue weighted by Crippen LogP contribution is -3.08. The molecule has 22 heavy (non-hydrogen) atoms. The summed E-state index contributed by atoms with van der Waals surface area (Å²) in [5.74, 6) is -0.254. The molecule has 1 unspecified atom stereocenters. The van der Waals surface area contributed by atoms with Crippen LogP contribution in [-0.2, 0) is 17.8 Å². The Morgan fingerprint density at radius 2 is 1.82 bits per heavy atom. The third kappa shape index (κ3) is 4.67. The first kappa shape index (κ1) is 16.2. The highest BCUT2D eigenvalue weighted by atomic mass is 19.1. The molecule has 0 aliphatic heterocycles. The van der Waals surface area contributed by atoms with E-state index < -0.39 is 0 Å². The van der Waals surface area contributed by atoms with E-state index in [4.69, 9.17) is 0 Å². The lowest BCUT2D eigenvalue weighted by molar-refractivity contribution is -0.885. The summed E-state index contributed by atoms with van der Waals surface area (Å²) in [5.41, 5.74) is 3.03. The number of carbonyl (C=O) groups is 1. The molecule has 0 saturated carbocycles. The van der Waals surface area contributed by atoms with Crippen LogP contribution in [0.1, 0.15) is 18.1 Å². The zero-order chi connectivity index (χ0) is 15.9. The summed E-state index contributed by atoms with van der Waals surface area (Å²) < 4.78 is 12.9. The van der Waals surface area contributed by atoms with Gasteiger partial charge in [-0.3, -0.25) is 4.79 Å². The molecule has 0 aliphatic rings. The molecule has 2 aromatic rings. The van der Waals surface area contributed by atoms with Gasteiger partial charge >= 0.3 is 0 Å². The molecular weight excluding hydrogens is 279 g/mol. The highest BCUT2D eigenvalue weighted by Crippen LogP contribution is 2.14. The van der Waals surface area contributed by atoms with Crippen molar-refractivity contribution in [3.63, 3.8) is 0 Å². The summed E-state index contributed by atoms with van der Waals surface area (Å²) >= 11 is 0. The fourth-order valence-corrected chi connectivity index (χ4v) is 2.43. The van der Waals surface area contributed by atoms with Crippen LogP contribution < -0.4 is 10.2 Å². The van der Waals surface area contributed by atoms with Gasteiger partial charge in [0.25, 0.3) is 5.91 Å². The number of quaternary nitrogens is 1. The number of para-hydroxylation sites is 1. The van der Waals surface area contributed by atoms with E-state index >= 15 is 0 Å². The van der Waals surface area contributed by atoms with Crippen molar-refractivity contribution in [2.45, 2.75) is 19.9 Å². The molecule has 0 heterocycles. The summed E-state index contributed by atoms with van der Waals surface area (Å²) in [6.07, 6.45) is 0.884. The summed E-state index contributed by atoms with van der Waals surface area (Å²) in [6, 6.07) is 14.2. The van der Waals surface area contributed by atoms with E-state index in [-0.39, 0.29) is 11.7 Å². The second-order valence-corrected chi connectivity index (χ2v) is 5.50. The van der Waals surface area contributed by atoms with E-state index in [9.17, 15) is 9.18 Å². The lowest BCUT2D eigenvalue weighted by atomic mass is 10.1. The van der Waals surface area contributed by atoms with Gasteiger partial charge in [0.2, 0.25) is 0 Å². The van der Waals surface area contributed by atoms with Crippen molar-refractivity contribution in [1.29, 1.82) is 0 Å². The van der Waals surface area contributed by atoms with Crippen LogP contribution in [0.25, 0.3) is 0 Å². The minimum absolute atomic E-state index is 0.0134. The van der Waals surface area contributed by atoms with Crippen LogP contribution in [0.4, 0.5) is 10.1 Å². The van der Waals surface area contributed by atoms with Crippen molar-refractivity contribution in [2.24, 2.45) is 0 Å². The van der Waals surface area contributed by atoms with Crippen molar-refractivity contribution < 1.29 is 14.1 Å². The number of likely N-dealkylation sites (N-methyl/N-ethyl adjacent to an activating group) is 1. The third-order valence-corrected chi connectivity index (χ3v) is 3.55. The van der Waals surface area contributed by atoms with E-state index in [0.717, 1.165) is 28.1 Å². The van der Waals surface area contributed by atoms with Gasteiger partial charge in [0.05, 0.1) is 7.05 Å². The second-order valence-electron chi connectivity index (χ2n) is 5.50. The van der Waals surface area contributed by atoms with Gasteiger partial charge in [-0.25, -0.2) is 4.39 Å². The Labute approximate surface area is 130 Å². The zero-order valence-corrected chi connectivity index (χ0v) is 13.0. The van der Waals surface area contributed by atoms with E-state index in [1.54, 1.807) is 12.1 Å². The van der Waals surface area contributed by atoms with Crippen LogP contribution in [0.2, 0.25) is 0 Å². The predicted octanol–water partition coefficient (Wildman–Crippen LogP) is 2.04. The first-order chi connectivity index (χ1) is 10.6. The minimum Gasteiger partial charge on any atom is -0.326 e. The van der Waals surface area contributed by atoms with Gasteiger partial charge in [-0.1, -0.05) is 37.3 Å². The molecule has 2 N–H and O–H groups in total. The molecule has 0 aromatic heterocycles. The Balaban J connectivity index is 1.89. The number of benzene rings is 2. The molecule has 0 fully saturated rings. The van der Waals surface area contributed by atoms with Crippen LogP contribution in [0, 0.1) is 5.82 Å². The molecule has 2 aromatic carbocycles. The molecule has 0 radical (unpaired) electrons. The lowest BCUT2D eigenvalue weighted by Gasteiger charge is -2.15. The van der Waals surface area contributed by atoms with E-state index in [1.165, 1.54) is 12.1 Å². The fourth-order valence-electron chi connectivity index (χ4n) is 2.43. The number of nitrogens with one attached hydrogen (secondary N) is 2. The van der Waals surface area contributed by atoms with E-state index in [0.29, 0.717) is 13.1 Å². The summed E-state index contributed by atoms with van der Waals surface area (Å²) in [4.78, 5) is 13.2. The molecule has 2 rings (SSSR count). The van der Waals surface area contributed by atoms with Gasteiger partial charge in [0.1, 0.15) is 12.4 Å². The van der Waals surface area contributed by atoms with Crippen LogP contribution in [-0.4, -0.2) is 19.5 Å². The predicted molar refractivity (Wildman–Crippen MR) is 86.3 cm³/mol. The first-order valence-electron chi connectivity index (χ1n) is 7.52. The van der Waals surface area contributed by atoms with Crippen LogP contribution in [0.15, 0.2) is 48.5 Å². The second kappa shape index (κ2) is 7.71. The Kier molecular flexibility index (Phi) is 5.67. The summed E-state index contributed by atoms with van der Waals surface area (Å²) in [7, 11) is 1.95. The number of hydrogen-bond acceptors (Lipinski definition) is 1. The quantitative estimate of drug-likeness (QED) is 0.841. The van der Waals surface area contributed by atoms with Gasteiger partial charge in [0, 0.05) is 11.3 Å². The maximum Gasteiger partial charge on any atom is 0.279 e. The summed E-state index contributed by atoms with van der Waals surface area (Å²) in [5, 5.41) is 2.97. The van der Waals surface area contributed by atoms with Gasteiger partial charge in [-0.2, -0.15) is 0 Å². The van der Waals surface area contributed by atoms with Crippen LogP contribution in [0.3, 0.4) is 0 Å². The van der Waals surface area contributed by atoms with Crippen LogP contribution in [0.5, 0.6) is 0 Å². The fraction of sp³-hybridized carbons (Fsp3) is 0.278. The normalized spacial score (nSPS) is 12.0. The highest BCUT2D eigenvalue weighted by molar-refractivity contribution is 5.92. The molecule has 0 bridgehead atoms. The number of amides is 1. The van der Waals surface area contributed by atoms with Gasteiger partial charge < -0.3 is 10.2 Å². The van der Waals surface area contributed by atoms with Crippen molar-refractivity contribution in [3.8, 4) is 0 Å². The molecular formula is C18H22FN2O+. The minimum atomic E-state index is -0.240. The number of rotatable bonds is 6. The Hall–Kier alpha value is -2.20. The maximum absolute atomic E-state index is 12.9. The smallest absolute Gasteiger partial charge is 0.279 e. The molecule has 1 atom stereocenters. The average molecular weight is 301 g/mol. The topological polar surface area (TPSA) is 33.5 Å². The van der Waals surface area contributed by atoms with E-state index in [1.807, 2.05) is 31.3 Å². The third-order valence-electron chi connectivity index (χ3n) is 3.55. The van der Waals surface area contributed by atoms with E-state index in [2.05, 4.69) is 12.2 Å². The zero-order valence-electron chi connectivity index (χ0n) is 13.0. The van der Waals surface area contributed by atoms with Crippen molar-refractivity contribution in [1.82, 2.24) is 0 Å². The largest absolute Gasteiger partial charge is 0.326 e. The number of carbonyl (C=O) groups excluding carboxylic acids is 1. The standard InChI is InChI=1S/C18H21FN2O/c1-3-15-6-4-5-7-17(15)20-18(22)13-21(2)12-14-8-10-16(19)11-9-14/h4-11H,3,12-13H2,1-2H3,(H,20,22)/p+1. The average Bonchev–Trinajstić information content (AvgIpc) is 2.50. The maximum atomic E-state index is 12.9. The Morgan fingerprint density at radius 3 is 2.50 bits per heavy atom. The number of anilines is 1. The highest BCUT2D eigenvalue weighted by Gasteiger charge is 2.12.